The second-order valence-corrected chi connectivity index (χ2v) is 8.13. The predicted molar refractivity (Wildman–Crippen MR) is 119 cm³/mol. The molecule has 0 spiro atoms. The predicted octanol–water partition coefficient (Wildman–Crippen LogP) is 4.93. The van der Waals surface area contributed by atoms with Crippen molar-refractivity contribution in [1.82, 2.24) is 9.88 Å². The lowest BCUT2D eigenvalue weighted by molar-refractivity contribution is -0.146. The van der Waals surface area contributed by atoms with E-state index >= 15 is 0 Å². The van der Waals surface area contributed by atoms with Crippen molar-refractivity contribution in [1.29, 1.82) is 0 Å². The number of carboxylic acid groups (broad SMARTS) is 1. The first kappa shape index (κ1) is 20.0. The molecule has 1 aliphatic rings. The zero-order valence-electron chi connectivity index (χ0n) is 17.5. The minimum atomic E-state index is -0.926. The van der Waals surface area contributed by atoms with Gasteiger partial charge in [0.15, 0.2) is 0 Å². The second kappa shape index (κ2) is 7.82. The van der Waals surface area contributed by atoms with E-state index in [0.29, 0.717) is 18.5 Å². The SMILES string of the molecule is CC(=Cc1cc(C)c(-c2ccc3[nH]ccc3c2)cc1C)C(=O)N1CCC[C@@H]1C(=O)O. The number of carboxylic acids is 1. The molecule has 2 heterocycles. The van der Waals surface area contributed by atoms with Crippen LogP contribution in [0, 0.1) is 13.8 Å². The molecule has 3 aromatic rings. The third kappa shape index (κ3) is 3.63. The van der Waals surface area contributed by atoms with Crippen LogP contribution in [0.15, 0.2) is 48.2 Å². The number of hydrogen-bond acceptors (Lipinski definition) is 2. The number of aryl methyl sites for hydroxylation is 2. The van der Waals surface area contributed by atoms with Crippen LogP contribution in [0.5, 0.6) is 0 Å². The highest BCUT2D eigenvalue weighted by molar-refractivity contribution is 5.99. The van der Waals surface area contributed by atoms with Crippen molar-refractivity contribution in [3.05, 3.63) is 64.9 Å². The number of aromatic amines is 1. The normalized spacial score (nSPS) is 17.0. The van der Waals surface area contributed by atoms with Crippen molar-refractivity contribution in [3.63, 3.8) is 0 Å². The van der Waals surface area contributed by atoms with Crippen molar-refractivity contribution in [3.8, 4) is 11.1 Å². The van der Waals surface area contributed by atoms with Gasteiger partial charge in [0, 0.05) is 23.8 Å². The van der Waals surface area contributed by atoms with Gasteiger partial charge in [-0.1, -0.05) is 18.2 Å². The average molecular weight is 402 g/mol. The summed E-state index contributed by atoms with van der Waals surface area (Å²) in [6.07, 6.45) is 5.07. The number of amides is 1. The maximum atomic E-state index is 12.8. The summed E-state index contributed by atoms with van der Waals surface area (Å²) >= 11 is 0. The summed E-state index contributed by atoms with van der Waals surface area (Å²) in [5.41, 5.74) is 7.20. The number of benzene rings is 2. The number of aliphatic carboxylic acids is 1. The Morgan fingerprint density at radius 3 is 2.70 bits per heavy atom. The van der Waals surface area contributed by atoms with Crippen molar-refractivity contribution in [2.24, 2.45) is 0 Å². The van der Waals surface area contributed by atoms with Crippen LogP contribution in [-0.4, -0.2) is 39.5 Å². The molecule has 30 heavy (non-hydrogen) atoms. The van der Waals surface area contributed by atoms with E-state index in [9.17, 15) is 14.7 Å². The molecule has 5 nitrogen and oxygen atoms in total. The number of likely N-dealkylation sites (tertiary alicyclic amines) is 1. The fourth-order valence-electron chi connectivity index (χ4n) is 4.31. The summed E-state index contributed by atoms with van der Waals surface area (Å²) in [6, 6.07) is 12.0. The maximum Gasteiger partial charge on any atom is 0.326 e. The molecular weight excluding hydrogens is 376 g/mol. The molecule has 1 atom stereocenters. The number of hydrogen-bond donors (Lipinski definition) is 2. The molecule has 0 radical (unpaired) electrons. The fraction of sp³-hybridized carbons (Fsp3) is 0.280. The number of aromatic nitrogens is 1. The standard InChI is InChI=1S/C25H26N2O3/c1-15-13-21(18-6-7-22-19(14-18)8-9-26-22)16(2)11-20(15)12-17(3)24(28)27-10-4-5-23(27)25(29)30/h6-9,11-14,23,26H,4-5,10H2,1-3H3,(H,29,30)/t23-/m1/s1. The average Bonchev–Trinajstić information content (AvgIpc) is 3.38. The molecule has 5 heteroatoms. The first-order valence-electron chi connectivity index (χ1n) is 10.3. The van der Waals surface area contributed by atoms with E-state index in [1.807, 2.05) is 19.2 Å². The summed E-state index contributed by atoms with van der Waals surface area (Å²) in [7, 11) is 0. The Bertz CT molecular complexity index is 1170. The molecule has 0 saturated carbocycles. The summed E-state index contributed by atoms with van der Waals surface area (Å²) in [5, 5.41) is 10.5. The van der Waals surface area contributed by atoms with E-state index in [2.05, 4.69) is 48.3 Å². The van der Waals surface area contributed by atoms with E-state index < -0.39 is 12.0 Å². The molecule has 1 fully saturated rings. The van der Waals surface area contributed by atoms with Gasteiger partial charge < -0.3 is 15.0 Å². The Kier molecular flexibility index (Phi) is 5.20. The number of H-pyrrole nitrogens is 1. The van der Waals surface area contributed by atoms with Crippen LogP contribution in [0.4, 0.5) is 0 Å². The number of fused-ring (bicyclic) bond motifs is 1. The smallest absolute Gasteiger partial charge is 0.326 e. The van der Waals surface area contributed by atoms with Crippen LogP contribution >= 0.6 is 0 Å². The Morgan fingerprint density at radius 2 is 1.93 bits per heavy atom. The van der Waals surface area contributed by atoms with Crippen molar-refractivity contribution in [2.75, 3.05) is 6.54 Å². The first-order chi connectivity index (χ1) is 14.3. The fourth-order valence-corrected chi connectivity index (χ4v) is 4.31. The monoisotopic (exact) mass is 402 g/mol. The summed E-state index contributed by atoms with van der Waals surface area (Å²) in [5.74, 6) is -1.12. The number of nitrogens with one attached hydrogen (secondary N) is 1. The lowest BCUT2D eigenvalue weighted by Gasteiger charge is -2.22. The van der Waals surface area contributed by atoms with Crippen LogP contribution in [0.2, 0.25) is 0 Å². The largest absolute Gasteiger partial charge is 0.480 e. The highest BCUT2D eigenvalue weighted by atomic mass is 16.4. The van der Waals surface area contributed by atoms with Crippen LogP contribution in [0.3, 0.4) is 0 Å². The summed E-state index contributed by atoms with van der Waals surface area (Å²) in [6.45, 7) is 6.38. The molecule has 1 aromatic heterocycles. The molecule has 2 N–H and O–H groups in total. The van der Waals surface area contributed by atoms with Crippen molar-refractivity contribution in [2.45, 2.75) is 39.7 Å². The third-order valence-corrected chi connectivity index (χ3v) is 5.99. The van der Waals surface area contributed by atoms with Crippen LogP contribution in [0.1, 0.15) is 36.5 Å². The van der Waals surface area contributed by atoms with E-state index in [4.69, 9.17) is 0 Å². The van der Waals surface area contributed by atoms with Crippen LogP contribution < -0.4 is 0 Å². The number of carbonyl (C=O) groups is 2. The Hall–Kier alpha value is -3.34. The van der Waals surface area contributed by atoms with Crippen LogP contribution in [-0.2, 0) is 9.59 Å². The van der Waals surface area contributed by atoms with Crippen LogP contribution in [0.25, 0.3) is 28.1 Å². The first-order valence-corrected chi connectivity index (χ1v) is 10.3. The van der Waals surface area contributed by atoms with Crippen molar-refractivity contribution >= 4 is 28.9 Å². The quantitative estimate of drug-likeness (QED) is 0.608. The van der Waals surface area contributed by atoms with E-state index in [1.165, 1.54) is 15.8 Å². The molecule has 2 aromatic carbocycles. The number of nitrogens with zero attached hydrogens (tertiary/aromatic N) is 1. The van der Waals surface area contributed by atoms with Gasteiger partial charge in [0.05, 0.1) is 0 Å². The highest BCUT2D eigenvalue weighted by Gasteiger charge is 2.34. The topological polar surface area (TPSA) is 73.4 Å². The third-order valence-electron chi connectivity index (χ3n) is 5.99. The zero-order valence-corrected chi connectivity index (χ0v) is 17.5. The Balaban J connectivity index is 1.64. The molecule has 4 rings (SSSR count). The zero-order chi connectivity index (χ0) is 21.4. The Labute approximate surface area is 176 Å². The molecule has 1 aliphatic heterocycles. The van der Waals surface area contributed by atoms with Gasteiger partial charge in [-0.15, -0.1) is 0 Å². The summed E-state index contributed by atoms with van der Waals surface area (Å²) < 4.78 is 0. The second-order valence-electron chi connectivity index (χ2n) is 8.13. The lowest BCUT2D eigenvalue weighted by Crippen LogP contribution is -2.40. The van der Waals surface area contributed by atoms with Gasteiger partial charge in [0.1, 0.15) is 6.04 Å². The van der Waals surface area contributed by atoms with Gasteiger partial charge in [-0.3, -0.25) is 4.79 Å². The highest BCUT2D eigenvalue weighted by Crippen LogP contribution is 2.30. The number of carbonyl (C=O) groups excluding carboxylic acids is 1. The molecule has 0 unspecified atom stereocenters. The summed E-state index contributed by atoms with van der Waals surface area (Å²) in [4.78, 5) is 29.0. The van der Waals surface area contributed by atoms with E-state index in [-0.39, 0.29) is 5.91 Å². The van der Waals surface area contributed by atoms with Gasteiger partial charge >= 0.3 is 5.97 Å². The van der Waals surface area contributed by atoms with Crippen molar-refractivity contribution < 1.29 is 14.7 Å². The van der Waals surface area contributed by atoms with E-state index in [0.717, 1.165) is 34.2 Å². The molecule has 0 bridgehead atoms. The molecule has 0 aliphatic carbocycles. The van der Waals surface area contributed by atoms with Gasteiger partial charge in [0.2, 0.25) is 5.91 Å². The molecule has 154 valence electrons. The number of rotatable bonds is 4. The molecular formula is C25H26N2O3. The molecule has 1 saturated heterocycles. The maximum absolute atomic E-state index is 12.8. The lowest BCUT2D eigenvalue weighted by atomic mass is 9.93. The van der Waals surface area contributed by atoms with Gasteiger partial charge in [0.25, 0.3) is 0 Å². The Morgan fingerprint density at radius 1 is 1.13 bits per heavy atom. The molecule has 1 amide bonds. The minimum Gasteiger partial charge on any atom is -0.480 e. The minimum absolute atomic E-state index is 0.195. The van der Waals surface area contributed by atoms with Gasteiger partial charge in [-0.05, 0) is 91.1 Å². The van der Waals surface area contributed by atoms with Gasteiger partial charge in [-0.2, -0.15) is 0 Å². The van der Waals surface area contributed by atoms with Gasteiger partial charge in [-0.25, -0.2) is 4.79 Å². The van der Waals surface area contributed by atoms with E-state index in [1.54, 1.807) is 6.92 Å².